The van der Waals surface area contributed by atoms with Crippen molar-refractivity contribution in [2.24, 2.45) is 0 Å². The van der Waals surface area contributed by atoms with Crippen LogP contribution < -0.4 is 10.1 Å². The van der Waals surface area contributed by atoms with Gasteiger partial charge in [-0.25, -0.2) is 0 Å². The largest absolute Gasteiger partial charge is 0.497 e. The SMILES string of the molecule is COc1ccc(C(CNC(=O)CCC(=O)c2ccc(Br)cc2)N(C)C)cc1. The lowest BCUT2D eigenvalue weighted by Gasteiger charge is -2.25. The van der Waals surface area contributed by atoms with Gasteiger partial charge in [-0.2, -0.15) is 0 Å². The molecule has 2 aromatic carbocycles. The number of halogens is 1. The molecule has 0 aromatic heterocycles. The molecule has 1 N–H and O–H groups in total. The van der Waals surface area contributed by atoms with Crippen LogP contribution in [0.3, 0.4) is 0 Å². The van der Waals surface area contributed by atoms with Crippen LogP contribution in [0.4, 0.5) is 0 Å². The zero-order valence-corrected chi connectivity index (χ0v) is 17.5. The number of benzene rings is 2. The molecule has 2 aromatic rings. The lowest BCUT2D eigenvalue weighted by molar-refractivity contribution is -0.121. The number of methoxy groups -OCH3 is 1. The smallest absolute Gasteiger partial charge is 0.220 e. The van der Waals surface area contributed by atoms with E-state index in [-0.39, 0.29) is 30.6 Å². The molecule has 0 saturated carbocycles. The van der Waals surface area contributed by atoms with Crippen molar-refractivity contribution < 1.29 is 14.3 Å². The minimum atomic E-state index is -0.124. The summed E-state index contributed by atoms with van der Waals surface area (Å²) in [5, 5.41) is 2.94. The fourth-order valence-corrected chi connectivity index (χ4v) is 3.00. The third-order valence-electron chi connectivity index (χ3n) is 4.36. The summed E-state index contributed by atoms with van der Waals surface area (Å²) < 4.78 is 6.11. The number of nitrogens with one attached hydrogen (secondary N) is 1. The molecule has 0 aliphatic heterocycles. The molecule has 0 aliphatic carbocycles. The summed E-state index contributed by atoms with van der Waals surface area (Å²) in [5.41, 5.74) is 1.71. The monoisotopic (exact) mass is 432 g/mol. The first-order valence-electron chi connectivity index (χ1n) is 8.76. The average molecular weight is 433 g/mol. The fourth-order valence-electron chi connectivity index (χ4n) is 2.73. The molecule has 0 fully saturated rings. The van der Waals surface area contributed by atoms with E-state index in [0.717, 1.165) is 15.8 Å². The number of carbonyl (C=O) groups is 2. The second-order valence-corrected chi connectivity index (χ2v) is 7.40. The number of Topliss-reactive ketones (excluding diaryl/α,β-unsaturated/α-hetero) is 1. The van der Waals surface area contributed by atoms with E-state index in [1.54, 1.807) is 19.2 Å². The molecule has 6 heteroatoms. The van der Waals surface area contributed by atoms with Crippen molar-refractivity contribution in [3.05, 3.63) is 64.1 Å². The number of ketones is 1. The zero-order chi connectivity index (χ0) is 19.8. The van der Waals surface area contributed by atoms with Crippen LogP contribution in [0.1, 0.15) is 34.8 Å². The summed E-state index contributed by atoms with van der Waals surface area (Å²) in [6.07, 6.45) is 0.375. The molecule has 2 rings (SSSR count). The van der Waals surface area contributed by atoms with Gasteiger partial charge in [0.1, 0.15) is 5.75 Å². The highest BCUT2D eigenvalue weighted by Crippen LogP contribution is 2.20. The van der Waals surface area contributed by atoms with Crippen LogP contribution in [0.5, 0.6) is 5.75 Å². The van der Waals surface area contributed by atoms with E-state index in [0.29, 0.717) is 12.1 Å². The van der Waals surface area contributed by atoms with Gasteiger partial charge in [-0.3, -0.25) is 9.59 Å². The molecule has 1 amide bonds. The van der Waals surface area contributed by atoms with Crippen LogP contribution in [0, 0.1) is 0 Å². The topological polar surface area (TPSA) is 58.6 Å². The van der Waals surface area contributed by atoms with Gasteiger partial charge < -0.3 is 15.0 Å². The van der Waals surface area contributed by atoms with Gasteiger partial charge in [0.25, 0.3) is 0 Å². The number of rotatable bonds is 9. The Morgan fingerprint density at radius 3 is 2.22 bits per heavy atom. The molecule has 0 spiro atoms. The Morgan fingerprint density at radius 1 is 1.04 bits per heavy atom. The van der Waals surface area contributed by atoms with E-state index in [1.807, 2.05) is 50.5 Å². The third-order valence-corrected chi connectivity index (χ3v) is 4.89. The quantitative estimate of drug-likeness (QED) is 0.611. The van der Waals surface area contributed by atoms with E-state index in [2.05, 4.69) is 26.1 Å². The van der Waals surface area contributed by atoms with Crippen LogP contribution in [0.25, 0.3) is 0 Å². The van der Waals surface area contributed by atoms with Crippen LogP contribution in [0.15, 0.2) is 53.0 Å². The van der Waals surface area contributed by atoms with E-state index in [1.165, 1.54) is 0 Å². The molecule has 1 unspecified atom stereocenters. The first-order chi connectivity index (χ1) is 12.9. The van der Waals surface area contributed by atoms with Crippen LogP contribution >= 0.6 is 15.9 Å². The summed E-state index contributed by atoms with van der Waals surface area (Å²) >= 11 is 3.34. The predicted molar refractivity (Wildman–Crippen MR) is 110 cm³/mol. The molecule has 0 aliphatic rings. The van der Waals surface area contributed by atoms with Gasteiger partial charge in [0.05, 0.1) is 13.2 Å². The number of hydrogen-bond acceptors (Lipinski definition) is 4. The number of nitrogens with zero attached hydrogens (tertiary/aromatic N) is 1. The van der Waals surface area contributed by atoms with Crippen molar-refractivity contribution in [1.82, 2.24) is 10.2 Å². The average Bonchev–Trinajstić information content (AvgIpc) is 2.67. The molecule has 5 nitrogen and oxygen atoms in total. The van der Waals surface area contributed by atoms with Gasteiger partial charge in [-0.15, -0.1) is 0 Å². The van der Waals surface area contributed by atoms with Crippen molar-refractivity contribution in [3.8, 4) is 5.75 Å². The summed E-state index contributed by atoms with van der Waals surface area (Å²) in [6.45, 7) is 0.477. The number of amides is 1. The van der Waals surface area contributed by atoms with E-state index >= 15 is 0 Å². The zero-order valence-electron chi connectivity index (χ0n) is 15.9. The second-order valence-electron chi connectivity index (χ2n) is 6.49. The van der Waals surface area contributed by atoms with E-state index in [9.17, 15) is 9.59 Å². The minimum Gasteiger partial charge on any atom is -0.497 e. The number of ether oxygens (including phenoxy) is 1. The predicted octanol–water partition coefficient (Wildman–Crippen LogP) is 3.84. The highest BCUT2D eigenvalue weighted by molar-refractivity contribution is 9.10. The lowest BCUT2D eigenvalue weighted by atomic mass is 10.0. The maximum Gasteiger partial charge on any atom is 0.220 e. The fraction of sp³-hybridized carbons (Fsp3) is 0.333. The lowest BCUT2D eigenvalue weighted by Crippen LogP contribution is -2.34. The van der Waals surface area contributed by atoms with Crippen molar-refractivity contribution in [2.45, 2.75) is 18.9 Å². The second kappa shape index (κ2) is 10.2. The number of hydrogen-bond donors (Lipinski definition) is 1. The van der Waals surface area contributed by atoms with Crippen molar-refractivity contribution in [3.63, 3.8) is 0 Å². The molecule has 1 atom stereocenters. The van der Waals surface area contributed by atoms with Gasteiger partial charge in [0, 0.05) is 29.4 Å². The van der Waals surface area contributed by atoms with Gasteiger partial charge >= 0.3 is 0 Å². The van der Waals surface area contributed by atoms with Gasteiger partial charge in [0.15, 0.2) is 5.78 Å². The van der Waals surface area contributed by atoms with Gasteiger partial charge in [0.2, 0.25) is 5.91 Å². The highest BCUT2D eigenvalue weighted by Gasteiger charge is 2.16. The first kappa shape index (κ1) is 21.1. The summed E-state index contributed by atoms with van der Waals surface area (Å²) in [5.74, 6) is 0.643. The summed E-state index contributed by atoms with van der Waals surface area (Å²) in [4.78, 5) is 26.4. The standard InChI is InChI=1S/C21H25BrN2O3/c1-24(2)19(15-6-10-18(27-3)11-7-15)14-23-21(26)13-12-20(25)16-4-8-17(22)9-5-16/h4-11,19H,12-14H2,1-3H3,(H,23,26). The van der Waals surface area contributed by atoms with E-state index in [4.69, 9.17) is 4.74 Å². The maximum atomic E-state index is 12.2. The van der Waals surface area contributed by atoms with Gasteiger partial charge in [-0.05, 0) is 43.9 Å². The normalized spacial score (nSPS) is 11.9. The Balaban J connectivity index is 1.86. The minimum absolute atomic E-state index is 0.0306. The molecular weight excluding hydrogens is 408 g/mol. The highest BCUT2D eigenvalue weighted by atomic mass is 79.9. The first-order valence-corrected chi connectivity index (χ1v) is 9.56. The number of carbonyl (C=O) groups excluding carboxylic acids is 2. The van der Waals surface area contributed by atoms with Crippen molar-refractivity contribution >= 4 is 27.6 Å². The van der Waals surface area contributed by atoms with Crippen LogP contribution in [-0.4, -0.2) is 44.3 Å². The summed E-state index contributed by atoms with van der Waals surface area (Å²) in [7, 11) is 5.57. The van der Waals surface area contributed by atoms with Crippen LogP contribution in [0.2, 0.25) is 0 Å². The molecule has 0 saturated heterocycles. The molecule has 0 heterocycles. The molecule has 0 radical (unpaired) electrons. The Morgan fingerprint density at radius 2 is 1.67 bits per heavy atom. The maximum absolute atomic E-state index is 12.2. The third kappa shape index (κ3) is 6.48. The molecular formula is C21H25BrN2O3. The molecule has 27 heavy (non-hydrogen) atoms. The Kier molecular flexibility index (Phi) is 8.00. The number of likely N-dealkylation sites (N-methyl/N-ethyl adjacent to an activating group) is 1. The Hall–Kier alpha value is -2.18. The molecule has 0 bridgehead atoms. The van der Waals surface area contributed by atoms with Crippen LogP contribution in [-0.2, 0) is 4.79 Å². The van der Waals surface area contributed by atoms with Crippen molar-refractivity contribution in [2.75, 3.05) is 27.7 Å². The Bertz CT molecular complexity index is 758. The molecule has 144 valence electrons. The Labute approximate surface area is 168 Å². The summed E-state index contributed by atoms with van der Waals surface area (Å²) in [6, 6.07) is 15.0. The van der Waals surface area contributed by atoms with Gasteiger partial charge in [-0.1, -0.05) is 40.2 Å². The van der Waals surface area contributed by atoms with E-state index < -0.39 is 0 Å². The van der Waals surface area contributed by atoms with Crippen molar-refractivity contribution in [1.29, 1.82) is 0 Å².